The quantitative estimate of drug-likeness (QED) is 0.839. The van der Waals surface area contributed by atoms with Crippen molar-refractivity contribution in [1.82, 2.24) is 10.2 Å². The van der Waals surface area contributed by atoms with Crippen molar-refractivity contribution in [3.05, 3.63) is 0 Å². The molecule has 0 aromatic heterocycles. The molecule has 4 unspecified atom stereocenters. The smallest absolute Gasteiger partial charge is 0.223 e. The molecule has 1 amide bonds. The Morgan fingerprint density at radius 2 is 1.48 bits per heavy atom. The predicted molar refractivity (Wildman–Crippen MR) is 89.9 cm³/mol. The maximum absolute atomic E-state index is 12.5. The number of hydrogen-bond donors (Lipinski definition) is 2. The van der Waals surface area contributed by atoms with Crippen LogP contribution in [0.25, 0.3) is 0 Å². The molecule has 130 valence electrons. The molecule has 1 aliphatic heterocycles. The van der Waals surface area contributed by atoms with Gasteiger partial charge in [0, 0.05) is 31.1 Å². The van der Waals surface area contributed by atoms with Crippen molar-refractivity contribution in [1.29, 1.82) is 0 Å². The summed E-state index contributed by atoms with van der Waals surface area (Å²) in [5, 5.41) is 13.6. The minimum absolute atomic E-state index is 0.135. The molecule has 4 heteroatoms. The Kier molecular flexibility index (Phi) is 4.64. The van der Waals surface area contributed by atoms with E-state index < -0.39 is 0 Å². The van der Waals surface area contributed by atoms with E-state index in [9.17, 15) is 9.90 Å². The highest BCUT2D eigenvalue weighted by atomic mass is 16.3. The molecule has 4 aliphatic rings. The summed E-state index contributed by atoms with van der Waals surface area (Å²) < 4.78 is 0. The molecule has 0 bridgehead atoms. The van der Waals surface area contributed by atoms with Gasteiger partial charge in [-0.2, -0.15) is 0 Å². The van der Waals surface area contributed by atoms with Crippen LogP contribution in [0.15, 0.2) is 0 Å². The van der Waals surface area contributed by atoms with Gasteiger partial charge in [-0.1, -0.05) is 25.7 Å². The van der Waals surface area contributed by atoms with Crippen molar-refractivity contribution in [3.63, 3.8) is 0 Å². The van der Waals surface area contributed by atoms with Gasteiger partial charge in [-0.15, -0.1) is 0 Å². The van der Waals surface area contributed by atoms with E-state index in [1.54, 1.807) is 0 Å². The number of nitrogens with zero attached hydrogens (tertiary/aromatic N) is 1. The zero-order valence-corrected chi connectivity index (χ0v) is 14.3. The second-order valence-corrected chi connectivity index (χ2v) is 8.38. The van der Waals surface area contributed by atoms with Gasteiger partial charge in [-0.05, 0) is 50.4 Å². The lowest BCUT2D eigenvalue weighted by Crippen LogP contribution is -2.52. The fourth-order valence-corrected chi connectivity index (χ4v) is 5.57. The van der Waals surface area contributed by atoms with E-state index in [1.165, 1.54) is 38.5 Å². The summed E-state index contributed by atoms with van der Waals surface area (Å²) in [5.74, 6) is 2.11. The summed E-state index contributed by atoms with van der Waals surface area (Å²) >= 11 is 0. The number of aliphatic hydroxyl groups is 1. The Bertz CT molecular complexity index is 421. The van der Waals surface area contributed by atoms with E-state index in [0.29, 0.717) is 35.7 Å². The molecule has 0 aromatic carbocycles. The average Bonchev–Trinajstić information content (AvgIpc) is 3.31. The second-order valence-electron chi connectivity index (χ2n) is 8.38. The number of carbonyl (C=O) groups excluding carboxylic acids is 1. The van der Waals surface area contributed by atoms with Gasteiger partial charge in [0.1, 0.15) is 0 Å². The summed E-state index contributed by atoms with van der Waals surface area (Å²) in [4.78, 5) is 15.0. The van der Waals surface area contributed by atoms with Crippen LogP contribution in [0.2, 0.25) is 0 Å². The van der Waals surface area contributed by atoms with Gasteiger partial charge in [-0.25, -0.2) is 0 Å². The van der Waals surface area contributed by atoms with Gasteiger partial charge >= 0.3 is 0 Å². The third-order valence-corrected chi connectivity index (χ3v) is 7.00. The second kappa shape index (κ2) is 6.72. The Hall–Kier alpha value is -0.610. The maximum atomic E-state index is 12.5. The van der Waals surface area contributed by atoms with Gasteiger partial charge < -0.3 is 10.4 Å². The molecule has 3 saturated carbocycles. The molecule has 1 heterocycles. The zero-order chi connectivity index (χ0) is 15.8. The molecule has 3 aliphatic carbocycles. The van der Waals surface area contributed by atoms with Gasteiger partial charge in [0.05, 0.1) is 6.10 Å². The zero-order valence-electron chi connectivity index (χ0n) is 14.3. The lowest BCUT2D eigenvalue weighted by atomic mass is 9.89. The lowest BCUT2D eigenvalue weighted by Gasteiger charge is -2.41. The Labute approximate surface area is 140 Å². The van der Waals surface area contributed by atoms with Gasteiger partial charge in [0.25, 0.3) is 0 Å². The molecule has 23 heavy (non-hydrogen) atoms. The van der Waals surface area contributed by atoms with E-state index in [4.69, 9.17) is 0 Å². The summed E-state index contributed by atoms with van der Waals surface area (Å²) in [5.41, 5.74) is 0. The number of aliphatic hydroxyl groups excluding tert-OH is 1. The van der Waals surface area contributed by atoms with Crippen molar-refractivity contribution >= 4 is 5.91 Å². The first-order chi connectivity index (χ1) is 11.2. The van der Waals surface area contributed by atoms with Crippen molar-refractivity contribution < 1.29 is 9.90 Å². The number of amides is 1. The van der Waals surface area contributed by atoms with Crippen molar-refractivity contribution in [2.45, 2.75) is 82.4 Å². The molecule has 4 nitrogen and oxygen atoms in total. The molecule has 2 N–H and O–H groups in total. The third-order valence-electron chi connectivity index (χ3n) is 7.00. The Balaban J connectivity index is 1.23. The van der Waals surface area contributed by atoms with E-state index >= 15 is 0 Å². The van der Waals surface area contributed by atoms with Crippen molar-refractivity contribution in [2.75, 3.05) is 13.1 Å². The Morgan fingerprint density at radius 3 is 2.13 bits per heavy atom. The van der Waals surface area contributed by atoms with E-state index in [1.807, 2.05) is 0 Å². The van der Waals surface area contributed by atoms with Crippen LogP contribution < -0.4 is 5.32 Å². The van der Waals surface area contributed by atoms with E-state index in [-0.39, 0.29) is 6.10 Å². The molecule has 0 spiro atoms. The topological polar surface area (TPSA) is 52.6 Å². The SMILES string of the molecule is O=C(NC1CCN(C2CCCCC2O)CC1)C1C2CCCCC21. The molecule has 1 saturated heterocycles. The number of likely N-dealkylation sites (tertiary alicyclic amines) is 1. The Morgan fingerprint density at radius 1 is 0.870 bits per heavy atom. The van der Waals surface area contributed by atoms with E-state index in [0.717, 1.165) is 38.8 Å². The highest BCUT2D eigenvalue weighted by molar-refractivity contribution is 5.82. The van der Waals surface area contributed by atoms with Crippen molar-refractivity contribution in [2.24, 2.45) is 17.8 Å². The molecule has 4 atom stereocenters. The maximum Gasteiger partial charge on any atom is 0.223 e. The number of carbonyl (C=O) groups is 1. The fourth-order valence-electron chi connectivity index (χ4n) is 5.57. The van der Waals surface area contributed by atoms with E-state index in [2.05, 4.69) is 10.2 Å². The fraction of sp³-hybridized carbons (Fsp3) is 0.947. The van der Waals surface area contributed by atoms with Crippen LogP contribution >= 0.6 is 0 Å². The summed E-state index contributed by atoms with van der Waals surface area (Å²) in [6, 6.07) is 0.730. The first kappa shape index (κ1) is 15.9. The van der Waals surface area contributed by atoms with Crippen LogP contribution in [0, 0.1) is 17.8 Å². The average molecular weight is 320 g/mol. The molecule has 0 aromatic rings. The molecular weight excluding hydrogens is 288 g/mol. The van der Waals surface area contributed by atoms with Crippen LogP contribution in [0.5, 0.6) is 0 Å². The molecule has 4 rings (SSSR count). The highest BCUT2D eigenvalue weighted by Crippen LogP contribution is 2.55. The number of hydrogen-bond acceptors (Lipinski definition) is 3. The van der Waals surface area contributed by atoms with Crippen molar-refractivity contribution in [3.8, 4) is 0 Å². The molecule has 4 fully saturated rings. The van der Waals surface area contributed by atoms with Gasteiger partial charge in [0.15, 0.2) is 0 Å². The number of piperidine rings is 1. The summed E-state index contributed by atoms with van der Waals surface area (Å²) in [6.45, 7) is 2.06. The van der Waals surface area contributed by atoms with Crippen LogP contribution in [0.3, 0.4) is 0 Å². The summed E-state index contributed by atoms with van der Waals surface area (Å²) in [6.07, 6.45) is 11.7. The first-order valence-corrected chi connectivity index (χ1v) is 9.96. The third kappa shape index (κ3) is 3.30. The largest absolute Gasteiger partial charge is 0.391 e. The molecular formula is C19H32N2O2. The number of nitrogens with one attached hydrogen (secondary N) is 1. The van der Waals surface area contributed by atoms with Gasteiger partial charge in [-0.3, -0.25) is 9.69 Å². The van der Waals surface area contributed by atoms with Crippen LogP contribution in [-0.4, -0.2) is 47.2 Å². The van der Waals surface area contributed by atoms with Crippen LogP contribution in [0.4, 0.5) is 0 Å². The highest BCUT2D eigenvalue weighted by Gasteiger charge is 2.54. The van der Waals surface area contributed by atoms with Crippen LogP contribution in [0.1, 0.15) is 64.2 Å². The predicted octanol–water partition coefficient (Wildman–Crippen LogP) is 2.31. The number of rotatable bonds is 3. The van der Waals surface area contributed by atoms with Gasteiger partial charge in [0.2, 0.25) is 5.91 Å². The standard InChI is InChI=1S/C19H32N2O2/c22-17-8-4-3-7-16(17)21-11-9-13(10-12-21)20-19(23)18-14-5-1-2-6-15(14)18/h13-18,22H,1-12H2,(H,20,23). The summed E-state index contributed by atoms with van der Waals surface area (Å²) in [7, 11) is 0. The molecule has 0 radical (unpaired) electrons. The minimum Gasteiger partial charge on any atom is -0.391 e. The van der Waals surface area contributed by atoms with Crippen LogP contribution in [-0.2, 0) is 4.79 Å². The normalized spacial score (nSPS) is 42.0. The minimum atomic E-state index is -0.135. The lowest BCUT2D eigenvalue weighted by molar-refractivity contribution is -0.124. The first-order valence-electron chi connectivity index (χ1n) is 9.96. The number of fused-ring (bicyclic) bond motifs is 1. The monoisotopic (exact) mass is 320 g/mol.